The van der Waals surface area contributed by atoms with Gasteiger partial charge in [-0.2, -0.15) is 0 Å². The monoisotopic (exact) mass is 229 g/mol. The van der Waals surface area contributed by atoms with Gasteiger partial charge < -0.3 is 5.32 Å². The molecule has 92 valence electrons. The van der Waals surface area contributed by atoms with Crippen LogP contribution in [0.3, 0.4) is 0 Å². The molecule has 0 aromatic heterocycles. The van der Waals surface area contributed by atoms with Gasteiger partial charge in [-0.3, -0.25) is 0 Å². The van der Waals surface area contributed by atoms with Crippen LogP contribution in [0.1, 0.15) is 27.7 Å². The lowest BCUT2D eigenvalue weighted by molar-refractivity contribution is 0.912. The molecule has 1 N–H and O–H groups in total. The number of hydrogen-bond donors (Lipinski definition) is 1. The Bertz CT molecular complexity index is 392. The van der Waals surface area contributed by atoms with Crippen LogP contribution in [0.4, 0.5) is 0 Å². The summed E-state index contributed by atoms with van der Waals surface area (Å²) in [5.41, 5.74) is 3.80. The van der Waals surface area contributed by atoms with Crippen molar-refractivity contribution < 1.29 is 0 Å². The van der Waals surface area contributed by atoms with Crippen molar-refractivity contribution in [3.8, 4) is 0 Å². The molecule has 1 heteroatoms. The Balaban J connectivity index is 2.54. The summed E-state index contributed by atoms with van der Waals surface area (Å²) in [5, 5.41) is 3.44. The van der Waals surface area contributed by atoms with E-state index in [2.05, 4.69) is 75.5 Å². The van der Waals surface area contributed by atoms with E-state index in [0.29, 0.717) is 5.92 Å². The Kier molecular flexibility index (Phi) is 5.55. The van der Waals surface area contributed by atoms with Crippen molar-refractivity contribution in [2.45, 2.75) is 27.7 Å². The molecule has 0 amide bonds. The fourth-order valence-electron chi connectivity index (χ4n) is 1.54. The molecule has 1 unspecified atom stereocenters. The van der Waals surface area contributed by atoms with Crippen LogP contribution in [0, 0.1) is 5.92 Å². The molecular formula is C16H23N. The van der Waals surface area contributed by atoms with Gasteiger partial charge >= 0.3 is 0 Å². The van der Waals surface area contributed by atoms with Gasteiger partial charge in [0.15, 0.2) is 0 Å². The molecule has 1 aliphatic rings. The van der Waals surface area contributed by atoms with Gasteiger partial charge in [0.05, 0.1) is 0 Å². The fourth-order valence-corrected chi connectivity index (χ4v) is 1.54. The number of hydrogen-bond acceptors (Lipinski definition) is 1. The molecule has 0 aromatic carbocycles. The molecule has 0 saturated carbocycles. The maximum atomic E-state index is 3.44. The second kappa shape index (κ2) is 6.95. The first-order valence-electron chi connectivity index (χ1n) is 6.24. The van der Waals surface area contributed by atoms with Crippen LogP contribution in [-0.2, 0) is 0 Å². The lowest BCUT2D eigenvalue weighted by atomic mass is 10.1. The minimum atomic E-state index is 0.519. The van der Waals surface area contributed by atoms with E-state index in [-0.39, 0.29) is 0 Å². The number of nitrogens with one attached hydrogen (secondary N) is 1. The quantitative estimate of drug-likeness (QED) is 0.715. The highest BCUT2D eigenvalue weighted by Gasteiger charge is 2.00. The molecule has 0 saturated heterocycles. The molecule has 0 fully saturated rings. The first-order chi connectivity index (χ1) is 8.13. The third-order valence-electron chi connectivity index (χ3n) is 2.89. The Labute approximate surface area is 105 Å². The highest BCUT2D eigenvalue weighted by Crippen LogP contribution is 2.13. The summed E-state index contributed by atoms with van der Waals surface area (Å²) in [4.78, 5) is 0. The lowest BCUT2D eigenvalue weighted by Gasteiger charge is -2.06. The second-order valence-electron chi connectivity index (χ2n) is 4.49. The van der Waals surface area contributed by atoms with Crippen molar-refractivity contribution in [2.75, 3.05) is 6.54 Å². The van der Waals surface area contributed by atoms with E-state index in [1.54, 1.807) is 0 Å². The van der Waals surface area contributed by atoms with Crippen LogP contribution in [0.2, 0.25) is 0 Å². The molecule has 0 bridgehead atoms. The highest BCUT2D eigenvalue weighted by molar-refractivity contribution is 5.34. The molecule has 1 rings (SSSR count). The highest BCUT2D eigenvalue weighted by atomic mass is 14.9. The van der Waals surface area contributed by atoms with Gasteiger partial charge in [-0.15, -0.1) is 0 Å². The number of allylic oxidation sites excluding steroid dienone is 8. The van der Waals surface area contributed by atoms with Crippen LogP contribution in [0.5, 0.6) is 0 Å². The van der Waals surface area contributed by atoms with Gasteiger partial charge in [0.2, 0.25) is 0 Å². The van der Waals surface area contributed by atoms with Gasteiger partial charge in [0.1, 0.15) is 0 Å². The van der Waals surface area contributed by atoms with Crippen molar-refractivity contribution >= 4 is 0 Å². The van der Waals surface area contributed by atoms with E-state index in [4.69, 9.17) is 0 Å². The third kappa shape index (κ3) is 4.90. The minimum Gasteiger partial charge on any atom is -0.381 e. The topological polar surface area (TPSA) is 12.0 Å². The molecule has 1 atom stereocenters. The normalized spacial score (nSPS) is 21.2. The van der Waals surface area contributed by atoms with E-state index >= 15 is 0 Å². The van der Waals surface area contributed by atoms with Gasteiger partial charge in [-0.1, -0.05) is 49.0 Å². The zero-order chi connectivity index (χ0) is 12.7. The van der Waals surface area contributed by atoms with Crippen molar-refractivity contribution in [2.24, 2.45) is 5.92 Å². The summed E-state index contributed by atoms with van der Waals surface area (Å²) in [6.07, 6.45) is 15.2. The molecular weight excluding hydrogens is 206 g/mol. The van der Waals surface area contributed by atoms with Crippen LogP contribution in [0.25, 0.3) is 0 Å². The second-order valence-corrected chi connectivity index (χ2v) is 4.49. The summed E-state index contributed by atoms with van der Waals surface area (Å²) >= 11 is 0. The van der Waals surface area contributed by atoms with Gasteiger partial charge in [-0.05, 0) is 38.3 Å². The largest absolute Gasteiger partial charge is 0.381 e. The standard InChI is InChI=1S/C16H23N/c1-5-13(2)7-6-12-17-16-11-9-14(3)8-10-15(16)4/h5-11,14,17H,12H2,1-4H3/b7-6-,13-5-. The number of rotatable bonds is 4. The van der Waals surface area contributed by atoms with E-state index in [0.717, 1.165) is 6.54 Å². The van der Waals surface area contributed by atoms with Crippen molar-refractivity contribution in [3.63, 3.8) is 0 Å². The first-order valence-corrected chi connectivity index (χ1v) is 6.24. The van der Waals surface area contributed by atoms with Crippen molar-refractivity contribution in [1.29, 1.82) is 0 Å². The Morgan fingerprint density at radius 1 is 1.35 bits per heavy atom. The van der Waals surface area contributed by atoms with Gasteiger partial charge in [0.25, 0.3) is 0 Å². The molecule has 0 heterocycles. The minimum absolute atomic E-state index is 0.519. The molecule has 0 radical (unpaired) electrons. The summed E-state index contributed by atoms with van der Waals surface area (Å²) < 4.78 is 0. The zero-order valence-electron chi connectivity index (χ0n) is 11.3. The Morgan fingerprint density at radius 3 is 2.76 bits per heavy atom. The molecule has 1 aliphatic carbocycles. The summed E-state index contributed by atoms with van der Waals surface area (Å²) in [6, 6.07) is 0. The van der Waals surface area contributed by atoms with Crippen LogP contribution in [-0.4, -0.2) is 6.54 Å². The Hall–Kier alpha value is -1.50. The first kappa shape index (κ1) is 13.6. The molecule has 1 nitrogen and oxygen atoms in total. The van der Waals surface area contributed by atoms with E-state index in [9.17, 15) is 0 Å². The van der Waals surface area contributed by atoms with Crippen LogP contribution in [0.15, 0.2) is 59.4 Å². The average Bonchev–Trinajstić information content (AvgIpc) is 2.48. The maximum Gasteiger partial charge on any atom is 0.0369 e. The molecule has 0 aromatic rings. The summed E-state index contributed by atoms with van der Waals surface area (Å²) in [7, 11) is 0. The molecule has 0 aliphatic heterocycles. The maximum absolute atomic E-state index is 3.44. The fraction of sp³-hybridized carbons (Fsp3) is 0.375. The Morgan fingerprint density at radius 2 is 2.06 bits per heavy atom. The summed E-state index contributed by atoms with van der Waals surface area (Å²) in [6.45, 7) is 9.36. The van der Waals surface area contributed by atoms with Crippen LogP contribution >= 0.6 is 0 Å². The van der Waals surface area contributed by atoms with Crippen LogP contribution < -0.4 is 5.32 Å². The average molecular weight is 229 g/mol. The molecule has 17 heavy (non-hydrogen) atoms. The predicted octanol–water partition coefficient (Wildman–Crippen LogP) is 4.13. The van der Waals surface area contributed by atoms with E-state index in [1.165, 1.54) is 16.8 Å². The van der Waals surface area contributed by atoms with Crippen molar-refractivity contribution in [3.05, 3.63) is 59.4 Å². The van der Waals surface area contributed by atoms with E-state index < -0.39 is 0 Å². The summed E-state index contributed by atoms with van der Waals surface area (Å²) in [5.74, 6) is 0.519. The SMILES string of the molecule is C/C=C(C)\C=C/CNC1=C(C)C=CC(C)C=C1. The lowest BCUT2D eigenvalue weighted by Crippen LogP contribution is -2.12. The van der Waals surface area contributed by atoms with Gasteiger partial charge in [0, 0.05) is 12.2 Å². The smallest absolute Gasteiger partial charge is 0.0369 e. The van der Waals surface area contributed by atoms with E-state index in [1.807, 2.05) is 0 Å². The van der Waals surface area contributed by atoms with Crippen molar-refractivity contribution in [1.82, 2.24) is 5.32 Å². The third-order valence-corrected chi connectivity index (χ3v) is 2.89. The van der Waals surface area contributed by atoms with Gasteiger partial charge in [-0.25, -0.2) is 0 Å². The predicted molar refractivity (Wildman–Crippen MR) is 76.7 cm³/mol. The zero-order valence-corrected chi connectivity index (χ0v) is 11.3. The molecule has 0 spiro atoms.